The van der Waals surface area contributed by atoms with Crippen molar-refractivity contribution in [3.63, 3.8) is 0 Å². The van der Waals surface area contributed by atoms with Gasteiger partial charge in [0.05, 0.1) is 23.0 Å². The number of alkyl halides is 6. The lowest BCUT2D eigenvalue weighted by atomic mass is 9.86. The Morgan fingerprint density at radius 2 is 0.932 bits per heavy atom. The van der Waals surface area contributed by atoms with E-state index in [2.05, 4.69) is 9.47 Å². The number of hydrogen-bond acceptors (Lipinski definition) is 6. The molecule has 0 radical (unpaired) electrons. The zero-order chi connectivity index (χ0) is 31.6. The van der Waals surface area contributed by atoms with E-state index in [1.165, 1.54) is 48.5 Å². The van der Waals surface area contributed by atoms with Gasteiger partial charge in [0.25, 0.3) is 0 Å². The molecule has 0 N–H and O–H groups in total. The van der Waals surface area contributed by atoms with Crippen LogP contribution in [0.5, 0.6) is 11.5 Å². The highest BCUT2D eigenvalue weighted by atomic mass is 19.4. The van der Waals surface area contributed by atoms with Crippen molar-refractivity contribution in [3.8, 4) is 45.9 Å². The Bertz CT molecular complexity index is 1840. The molecule has 4 aromatic rings. The fourth-order valence-corrected chi connectivity index (χ4v) is 5.95. The van der Waals surface area contributed by atoms with Gasteiger partial charge in [-0.15, -0.1) is 26.3 Å². The molecule has 218 valence electrons. The minimum absolute atomic E-state index is 0.162. The molecule has 0 saturated carbocycles. The van der Waals surface area contributed by atoms with E-state index in [1.807, 2.05) is 0 Å². The number of carbonyl (C=O) groups is 2. The lowest BCUT2D eigenvalue weighted by Crippen LogP contribution is -2.18. The zero-order valence-electron chi connectivity index (χ0n) is 21.9. The van der Waals surface area contributed by atoms with Gasteiger partial charge in [-0.2, -0.15) is 10.5 Å². The minimum Gasteiger partial charge on any atom is -0.404 e. The number of halogens is 6. The van der Waals surface area contributed by atoms with E-state index in [0.29, 0.717) is 0 Å². The van der Waals surface area contributed by atoms with E-state index in [1.54, 1.807) is 12.1 Å². The molecule has 2 unspecified atom stereocenters. The summed E-state index contributed by atoms with van der Waals surface area (Å²) in [5, 5.41) is 18.6. The topological polar surface area (TPSA) is 100 Å². The summed E-state index contributed by atoms with van der Waals surface area (Å²) in [4.78, 5) is 27.8. The van der Waals surface area contributed by atoms with E-state index in [4.69, 9.17) is 0 Å². The quantitative estimate of drug-likeness (QED) is 0.220. The van der Waals surface area contributed by atoms with Gasteiger partial charge < -0.3 is 9.47 Å². The monoisotopic (exact) mass is 604 g/mol. The Morgan fingerprint density at radius 1 is 0.568 bits per heavy atom. The van der Waals surface area contributed by atoms with Gasteiger partial charge in [0, 0.05) is 11.1 Å². The first-order chi connectivity index (χ1) is 20.8. The average molecular weight is 604 g/mol. The standard InChI is InChI=1S/C32H14F6N2O4/c33-31(34,35)43-23-11-15(7-9-17(23)13-39)19-3-1-5-21-25(19)27-28(29(21)41)26-20(4-2-6-22(26)30(27)42)16-8-10-18(14-40)24(12-16)44-32(36,37)38/h1-12,27-28H. The molecule has 0 amide bonds. The molecule has 0 fully saturated rings. The Morgan fingerprint density at radius 3 is 1.27 bits per heavy atom. The molecule has 0 spiro atoms. The smallest absolute Gasteiger partial charge is 0.404 e. The van der Waals surface area contributed by atoms with Gasteiger partial charge in [0.2, 0.25) is 0 Å². The summed E-state index contributed by atoms with van der Waals surface area (Å²) in [6, 6.07) is 19.4. The predicted octanol–water partition coefficient (Wildman–Crippen LogP) is 7.82. The van der Waals surface area contributed by atoms with Crippen LogP contribution in [0.1, 0.15) is 54.8 Å². The highest BCUT2D eigenvalue weighted by molar-refractivity contribution is 6.22. The highest BCUT2D eigenvalue weighted by Crippen LogP contribution is 2.56. The molecule has 0 aromatic heterocycles. The number of ether oxygens (including phenoxy) is 2. The Labute approximate surface area is 244 Å². The van der Waals surface area contributed by atoms with Crippen molar-refractivity contribution < 1.29 is 45.4 Å². The first-order valence-electron chi connectivity index (χ1n) is 12.8. The molecule has 2 aliphatic carbocycles. The van der Waals surface area contributed by atoms with Crippen LogP contribution >= 0.6 is 0 Å². The summed E-state index contributed by atoms with van der Waals surface area (Å²) in [6.45, 7) is 0. The van der Waals surface area contributed by atoms with Gasteiger partial charge in [-0.1, -0.05) is 48.5 Å². The van der Waals surface area contributed by atoms with Crippen molar-refractivity contribution in [1.29, 1.82) is 10.5 Å². The second-order valence-electron chi connectivity index (χ2n) is 9.96. The number of nitrogens with zero attached hydrogens (tertiary/aromatic N) is 2. The fourth-order valence-electron chi connectivity index (χ4n) is 5.95. The maximum absolute atomic E-state index is 13.9. The van der Waals surface area contributed by atoms with E-state index >= 15 is 0 Å². The maximum atomic E-state index is 13.9. The van der Waals surface area contributed by atoms with Gasteiger partial charge >= 0.3 is 12.7 Å². The molecule has 44 heavy (non-hydrogen) atoms. The van der Waals surface area contributed by atoms with E-state index in [0.717, 1.165) is 24.3 Å². The molecule has 12 heteroatoms. The number of benzene rings is 4. The summed E-state index contributed by atoms with van der Waals surface area (Å²) in [7, 11) is 0. The molecule has 0 heterocycles. The summed E-state index contributed by atoms with van der Waals surface area (Å²) in [6.07, 6.45) is -10.2. The number of rotatable bonds is 4. The number of ketones is 2. The molecule has 0 bridgehead atoms. The van der Waals surface area contributed by atoms with Gasteiger partial charge in [-0.3, -0.25) is 9.59 Å². The molecule has 0 aliphatic heterocycles. The Hall–Kier alpha value is -5.62. The highest BCUT2D eigenvalue weighted by Gasteiger charge is 2.52. The summed E-state index contributed by atoms with van der Waals surface area (Å²) in [5.74, 6) is -4.55. The molecule has 0 saturated heterocycles. The summed E-state index contributed by atoms with van der Waals surface area (Å²) in [5.41, 5.74) is 1.01. The zero-order valence-corrected chi connectivity index (χ0v) is 21.9. The van der Waals surface area contributed by atoms with Crippen LogP contribution in [0, 0.1) is 22.7 Å². The third-order valence-electron chi connectivity index (χ3n) is 7.54. The maximum Gasteiger partial charge on any atom is 0.573 e. The van der Waals surface area contributed by atoms with Gasteiger partial charge in [-0.25, -0.2) is 0 Å². The largest absolute Gasteiger partial charge is 0.573 e. The Balaban J connectivity index is 1.49. The lowest BCUT2D eigenvalue weighted by molar-refractivity contribution is -0.275. The number of hydrogen-bond donors (Lipinski definition) is 0. The fraction of sp³-hybridized carbons (Fsp3) is 0.125. The van der Waals surface area contributed by atoms with Crippen LogP contribution in [0.2, 0.25) is 0 Å². The van der Waals surface area contributed by atoms with Gasteiger partial charge in [0.15, 0.2) is 11.6 Å². The molecular formula is C32H14F6N2O4. The first-order valence-corrected chi connectivity index (χ1v) is 12.8. The molecule has 2 atom stereocenters. The molecule has 6 rings (SSSR count). The van der Waals surface area contributed by atoms with Gasteiger partial charge in [-0.05, 0) is 57.6 Å². The minimum atomic E-state index is -5.08. The number of Topliss-reactive ketones (excluding diaryl/α,β-unsaturated/α-hetero) is 2. The molecule has 2 aliphatic rings. The third-order valence-corrected chi connectivity index (χ3v) is 7.54. The number of nitriles is 2. The number of fused-ring (bicyclic) bond motifs is 5. The number of carbonyl (C=O) groups excluding carboxylic acids is 2. The second kappa shape index (κ2) is 9.99. The lowest BCUT2D eigenvalue weighted by Gasteiger charge is -2.16. The van der Waals surface area contributed by atoms with E-state index < -0.39 is 47.6 Å². The SMILES string of the molecule is N#Cc1ccc(-c2cccc3c2C2C(=O)c4cccc(-c5ccc(C#N)c(OC(F)(F)F)c5)c4C2C3=O)cc1OC(F)(F)F. The van der Waals surface area contributed by atoms with Crippen molar-refractivity contribution in [1.82, 2.24) is 0 Å². The van der Waals surface area contributed by atoms with Gasteiger partial charge in [0.1, 0.15) is 23.6 Å². The van der Waals surface area contributed by atoms with Crippen LogP contribution in [-0.2, 0) is 0 Å². The van der Waals surface area contributed by atoms with Crippen molar-refractivity contribution in [3.05, 3.63) is 106 Å². The second-order valence-corrected chi connectivity index (χ2v) is 9.96. The third kappa shape index (κ3) is 4.71. The van der Waals surface area contributed by atoms with Crippen molar-refractivity contribution in [2.45, 2.75) is 24.6 Å². The van der Waals surface area contributed by atoms with Crippen molar-refractivity contribution in [2.24, 2.45) is 0 Å². The van der Waals surface area contributed by atoms with Crippen LogP contribution in [0.25, 0.3) is 22.3 Å². The molecule has 6 nitrogen and oxygen atoms in total. The van der Waals surface area contributed by atoms with Crippen LogP contribution < -0.4 is 9.47 Å². The van der Waals surface area contributed by atoms with Crippen molar-refractivity contribution >= 4 is 11.6 Å². The Kier molecular flexibility index (Phi) is 6.47. The summed E-state index contributed by atoms with van der Waals surface area (Å²) < 4.78 is 86.5. The van der Waals surface area contributed by atoms with Crippen LogP contribution in [0.15, 0.2) is 72.8 Å². The average Bonchev–Trinajstić information content (AvgIpc) is 3.43. The summed E-state index contributed by atoms with van der Waals surface area (Å²) >= 11 is 0. The predicted molar refractivity (Wildman–Crippen MR) is 141 cm³/mol. The molecular weight excluding hydrogens is 590 g/mol. The molecule has 4 aromatic carbocycles. The van der Waals surface area contributed by atoms with Crippen LogP contribution in [0.3, 0.4) is 0 Å². The van der Waals surface area contributed by atoms with Crippen molar-refractivity contribution in [2.75, 3.05) is 0 Å². The van der Waals surface area contributed by atoms with E-state index in [9.17, 15) is 46.5 Å². The first kappa shape index (κ1) is 28.5. The van der Waals surface area contributed by atoms with Crippen LogP contribution in [-0.4, -0.2) is 24.3 Å². The normalized spacial score (nSPS) is 16.9. The van der Waals surface area contributed by atoms with E-state index in [-0.39, 0.29) is 55.6 Å². The van der Waals surface area contributed by atoms with Crippen LogP contribution in [0.4, 0.5) is 26.3 Å².